The van der Waals surface area contributed by atoms with E-state index in [1.807, 2.05) is 6.92 Å². The van der Waals surface area contributed by atoms with E-state index >= 15 is 0 Å². The summed E-state index contributed by atoms with van der Waals surface area (Å²) < 4.78 is 0. The van der Waals surface area contributed by atoms with E-state index < -0.39 is 6.04 Å². The standard InChI is InChI=1S/C5H8N2O2/c1-4-2-5(3-6-4)7(8)9/h2,5-6H,3H2,1H3. The van der Waals surface area contributed by atoms with Gasteiger partial charge in [0.05, 0.1) is 6.54 Å². The zero-order chi connectivity index (χ0) is 6.85. The van der Waals surface area contributed by atoms with Crippen LogP contribution in [-0.4, -0.2) is 17.5 Å². The molecule has 1 unspecified atom stereocenters. The normalized spacial score (nSPS) is 25.0. The number of allylic oxidation sites excluding steroid dienone is 1. The van der Waals surface area contributed by atoms with Gasteiger partial charge in [-0.3, -0.25) is 10.1 Å². The fraction of sp³-hybridized carbons (Fsp3) is 0.600. The summed E-state index contributed by atoms with van der Waals surface area (Å²) in [6, 6.07) is -0.509. The lowest BCUT2D eigenvalue weighted by Gasteiger charge is -1.94. The molecule has 0 aromatic carbocycles. The summed E-state index contributed by atoms with van der Waals surface area (Å²) in [6.45, 7) is 2.27. The van der Waals surface area contributed by atoms with Crippen molar-refractivity contribution in [1.82, 2.24) is 5.32 Å². The van der Waals surface area contributed by atoms with Crippen molar-refractivity contribution in [3.05, 3.63) is 21.9 Å². The highest BCUT2D eigenvalue weighted by Crippen LogP contribution is 2.03. The number of nitrogens with one attached hydrogen (secondary N) is 1. The molecule has 0 saturated carbocycles. The van der Waals surface area contributed by atoms with Gasteiger partial charge in [-0.1, -0.05) is 0 Å². The summed E-state index contributed by atoms with van der Waals surface area (Å²) in [5.41, 5.74) is 0.900. The Hall–Kier alpha value is -1.06. The van der Waals surface area contributed by atoms with Crippen molar-refractivity contribution in [2.45, 2.75) is 13.0 Å². The molecule has 0 radical (unpaired) electrons. The van der Waals surface area contributed by atoms with E-state index in [0.717, 1.165) is 5.70 Å². The third kappa shape index (κ3) is 1.19. The van der Waals surface area contributed by atoms with E-state index in [2.05, 4.69) is 5.32 Å². The first kappa shape index (κ1) is 6.07. The molecule has 50 valence electrons. The van der Waals surface area contributed by atoms with Crippen molar-refractivity contribution >= 4 is 0 Å². The van der Waals surface area contributed by atoms with Gasteiger partial charge in [0.25, 0.3) is 0 Å². The van der Waals surface area contributed by atoms with Crippen molar-refractivity contribution in [3.63, 3.8) is 0 Å². The van der Waals surface area contributed by atoms with E-state index in [0.29, 0.717) is 6.54 Å². The highest BCUT2D eigenvalue weighted by molar-refractivity contribution is 5.07. The van der Waals surface area contributed by atoms with Crippen LogP contribution in [0.1, 0.15) is 6.92 Å². The van der Waals surface area contributed by atoms with Crippen molar-refractivity contribution in [2.24, 2.45) is 0 Å². The van der Waals surface area contributed by atoms with E-state index in [1.165, 1.54) is 0 Å². The van der Waals surface area contributed by atoms with Gasteiger partial charge in [-0.2, -0.15) is 0 Å². The SMILES string of the molecule is CC1=CC([N+](=O)[O-])CN1. The van der Waals surface area contributed by atoms with Crippen molar-refractivity contribution in [3.8, 4) is 0 Å². The second kappa shape index (κ2) is 2.05. The topological polar surface area (TPSA) is 55.2 Å². The fourth-order valence-corrected chi connectivity index (χ4v) is 0.807. The van der Waals surface area contributed by atoms with Crippen molar-refractivity contribution in [2.75, 3.05) is 6.54 Å². The van der Waals surface area contributed by atoms with Gasteiger partial charge in [0.1, 0.15) is 0 Å². The summed E-state index contributed by atoms with van der Waals surface area (Å²) in [4.78, 5) is 9.78. The second-order valence-corrected chi connectivity index (χ2v) is 2.08. The van der Waals surface area contributed by atoms with Gasteiger partial charge in [0, 0.05) is 16.7 Å². The molecular weight excluding hydrogens is 120 g/mol. The molecule has 1 N–H and O–H groups in total. The van der Waals surface area contributed by atoms with Crippen LogP contribution in [0.5, 0.6) is 0 Å². The smallest absolute Gasteiger partial charge is 0.250 e. The van der Waals surface area contributed by atoms with Crippen LogP contribution in [0, 0.1) is 10.1 Å². The van der Waals surface area contributed by atoms with Crippen LogP contribution in [0.25, 0.3) is 0 Å². The highest BCUT2D eigenvalue weighted by Gasteiger charge is 2.21. The maximum Gasteiger partial charge on any atom is 0.250 e. The highest BCUT2D eigenvalue weighted by atomic mass is 16.6. The predicted octanol–water partition coefficient (Wildman–Crippen LogP) is 0.139. The lowest BCUT2D eigenvalue weighted by molar-refractivity contribution is -0.505. The molecule has 0 fully saturated rings. The zero-order valence-electron chi connectivity index (χ0n) is 5.13. The zero-order valence-corrected chi connectivity index (χ0v) is 5.13. The summed E-state index contributed by atoms with van der Waals surface area (Å²) in [5.74, 6) is 0. The summed E-state index contributed by atoms with van der Waals surface area (Å²) in [5, 5.41) is 12.9. The van der Waals surface area contributed by atoms with Crippen LogP contribution in [-0.2, 0) is 0 Å². The second-order valence-electron chi connectivity index (χ2n) is 2.08. The molecule has 0 aromatic rings. The number of rotatable bonds is 1. The lowest BCUT2D eigenvalue weighted by atomic mass is 10.3. The molecule has 1 aliphatic rings. The van der Waals surface area contributed by atoms with Crippen molar-refractivity contribution < 1.29 is 4.92 Å². The van der Waals surface area contributed by atoms with Crippen molar-refractivity contribution in [1.29, 1.82) is 0 Å². The Morgan fingerprint density at radius 2 is 2.67 bits per heavy atom. The van der Waals surface area contributed by atoms with Gasteiger partial charge in [-0.15, -0.1) is 0 Å². The summed E-state index contributed by atoms with van der Waals surface area (Å²) in [7, 11) is 0. The molecule has 0 saturated heterocycles. The largest absolute Gasteiger partial charge is 0.382 e. The molecule has 0 aromatic heterocycles. The van der Waals surface area contributed by atoms with Gasteiger partial charge >= 0.3 is 0 Å². The number of nitro groups is 1. The van der Waals surface area contributed by atoms with Crippen LogP contribution in [0.2, 0.25) is 0 Å². The quantitative estimate of drug-likeness (QED) is 0.403. The molecule has 0 bridgehead atoms. The average Bonchev–Trinajstić information content (AvgIpc) is 2.14. The molecular formula is C5H8N2O2. The van der Waals surface area contributed by atoms with Crippen LogP contribution < -0.4 is 5.32 Å². The van der Waals surface area contributed by atoms with Crippen LogP contribution in [0.3, 0.4) is 0 Å². The van der Waals surface area contributed by atoms with E-state index in [-0.39, 0.29) is 4.92 Å². The third-order valence-electron chi connectivity index (χ3n) is 1.30. The van der Waals surface area contributed by atoms with Gasteiger partial charge in [-0.25, -0.2) is 0 Å². The Kier molecular flexibility index (Phi) is 1.38. The first-order valence-electron chi connectivity index (χ1n) is 2.76. The molecule has 0 amide bonds. The Morgan fingerprint density at radius 3 is 2.89 bits per heavy atom. The molecule has 4 heteroatoms. The molecule has 0 spiro atoms. The lowest BCUT2D eigenvalue weighted by Crippen LogP contribution is -2.22. The minimum Gasteiger partial charge on any atom is -0.382 e. The molecule has 1 heterocycles. The Balaban J connectivity index is 2.57. The Labute approximate surface area is 52.7 Å². The van der Waals surface area contributed by atoms with E-state index in [9.17, 15) is 10.1 Å². The molecule has 1 atom stereocenters. The minimum atomic E-state index is -0.509. The maximum absolute atomic E-state index is 10.1. The Bertz CT molecular complexity index is 164. The van der Waals surface area contributed by atoms with Crippen LogP contribution in [0.4, 0.5) is 0 Å². The number of hydrogen-bond donors (Lipinski definition) is 1. The summed E-state index contributed by atoms with van der Waals surface area (Å²) >= 11 is 0. The molecule has 1 rings (SSSR count). The maximum atomic E-state index is 10.1. The molecule has 0 aliphatic carbocycles. The number of nitrogens with zero attached hydrogens (tertiary/aromatic N) is 1. The van der Waals surface area contributed by atoms with Crippen LogP contribution >= 0.6 is 0 Å². The van der Waals surface area contributed by atoms with E-state index in [1.54, 1.807) is 6.08 Å². The predicted molar refractivity (Wildman–Crippen MR) is 32.5 cm³/mol. The summed E-state index contributed by atoms with van der Waals surface area (Å²) in [6.07, 6.45) is 1.62. The minimum absolute atomic E-state index is 0.288. The van der Waals surface area contributed by atoms with Gasteiger partial charge in [-0.05, 0) is 6.92 Å². The molecule has 1 aliphatic heterocycles. The van der Waals surface area contributed by atoms with Gasteiger partial charge < -0.3 is 5.32 Å². The van der Waals surface area contributed by atoms with Gasteiger partial charge in [0.15, 0.2) is 0 Å². The monoisotopic (exact) mass is 128 g/mol. The third-order valence-corrected chi connectivity index (χ3v) is 1.30. The average molecular weight is 128 g/mol. The Morgan fingerprint density at radius 1 is 2.00 bits per heavy atom. The molecule has 4 nitrogen and oxygen atoms in total. The molecule has 9 heavy (non-hydrogen) atoms. The van der Waals surface area contributed by atoms with Crippen LogP contribution in [0.15, 0.2) is 11.8 Å². The number of hydrogen-bond acceptors (Lipinski definition) is 3. The fourth-order valence-electron chi connectivity index (χ4n) is 0.807. The first-order valence-corrected chi connectivity index (χ1v) is 2.76. The van der Waals surface area contributed by atoms with Gasteiger partial charge in [0.2, 0.25) is 6.04 Å². The first-order chi connectivity index (χ1) is 4.20. The van der Waals surface area contributed by atoms with E-state index in [4.69, 9.17) is 0 Å².